The van der Waals surface area contributed by atoms with Gasteiger partial charge in [0.1, 0.15) is 11.9 Å². The molecular formula is C18H16BrFN2O2. The van der Waals surface area contributed by atoms with Crippen molar-refractivity contribution in [3.63, 3.8) is 0 Å². The van der Waals surface area contributed by atoms with Crippen molar-refractivity contribution in [1.82, 2.24) is 4.90 Å². The van der Waals surface area contributed by atoms with Gasteiger partial charge in [0.05, 0.1) is 5.56 Å². The van der Waals surface area contributed by atoms with Crippen LogP contribution in [-0.2, 0) is 4.79 Å². The minimum absolute atomic E-state index is 0.00533. The molecule has 1 saturated heterocycles. The summed E-state index contributed by atoms with van der Waals surface area (Å²) in [4.78, 5) is 28.3. The van der Waals surface area contributed by atoms with E-state index in [1.165, 1.54) is 23.1 Å². The van der Waals surface area contributed by atoms with Gasteiger partial charge in [0.2, 0.25) is 5.91 Å². The molecule has 3 rings (SSSR count). The molecule has 1 aliphatic heterocycles. The first-order chi connectivity index (χ1) is 11.5. The van der Waals surface area contributed by atoms with Gasteiger partial charge in [-0.05, 0) is 43.3 Å². The molecule has 0 unspecified atom stereocenters. The van der Waals surface area contributed by atoms with Gasteiger partial charge >= 0.3 is 0 Å². The monoisotopic (exact) mass is 390 g/mol. The second kappa shape index (κ2) is 6.73. The van der Waals surface area contributed by atoms with Gasteiger partial charge in [0.25, 0.3) is 5.91 Å². The molecule has 1 atom stereocenters. The molecule has 24 heavy (non-hydrogen) atoms. The molecule has 6 heteroatoms. The van der Waals surface area contributed by atoms with Crippen molar-refractivity contribution in [2.24, 2.45) is 0 Å². The summed E-state index contributed by atoms with van der Waals surface area (Å²) in [6.07, 6.45) is 0. The zero-order chi connectivity index (χ0) is 17.3. The maximum Gasteiger partial charge on any atom is 0.257 e. The maximum atomic E-state index is 13.9. The number of piperazine rings is 1. The van der Waals surface area contributed by atoms with Gasteiger partial charge in [-0.2, -0.15) is 0 Å². The van der Waals surface area contributed by atoms with Gasteiger partial charge in [-0.3, -0.25) is 9.59 Å². The van der Waals surface area contributed by atoms with Crippen LogP contribution in [0.4, 0.5) is 10.1 Å². The first kappa shape index (κ1) is 16.6. The molecule has 2 amide bonds. The minimum Gasteiger partial charge on any atom is -0.325 e. The average molecular weight is 391 g/mol. The highest BCUT2D eigenvalue weighted by Crippen LogP contribution is 2.24. The van der Waals surface area contributed by atoms with E-state index >= 15 is 0 Å². The molecule has 4 nitrogen and oxygen atoms in total. The highest BCUT2D eigenvalue weighted by atomic mass is 79.9. The zero-order valence-electron chi connectivity index (χ0n) is 13.1. The molecule has 0 spiro atoms. The van der Waals surface area contributed by atoms with Crippen LogP contribution < -0.4 is 4.90 Å². The number of anilines is 1. The molecule has 0 radical (unpaired) electrons. The lowest BCUT2D eigenvalue weighted by molar-refractivity contribution is -0.124. The normalized spacial score (nSPS) is 18.0. The van der Waals surface area contributed by atoms with Crippen molar-refractivity contribution in [3.05, 3.63) is 64.4 Å². The van der Waals surface area contributed by atoms with E-state index in [0.29, 0.717) is 13.1 Å². The highest BCUT2D eigenvalue weighted by molar-refractivity contribution is 9.10. The smallest absolute Gasteiger partial charge is 0.257 e. The third kappa shape index (κ3) is 3.06. The zero-order valence-corrected chi connectivity index (χ0v) is 14.7. The second-order valence-corrected chi connectivity index (χ2v) is 6.54. The van der Waals surface area contributed by atoms with Crippen LogP contribution in [0.1, 0.15) is 17.3 Å². The first-order valence-corrected chi connectivity index (χ1v) is 8.41. The summed E-state index contributed by atoms with van der Waals surface area (Å²) < 4.78 is 14.8. The Morgan fingerprint density at radius 1 is 1.12 bits per heavy atom. The fourth-order valence-electron chi connectivity index (χ4n) is 2.81. The lowest BCUT2D eigenvalue weighted by atomic mass is 10.1. The van der Waals surface area contributed by atoms with E-state index in [0.717, 1.165) is 10.2 Å². The Bertz CT molecular complexity index is 779. The number of benzene rings is 2. The molecule has 1 aliphatic rings. The second-order valence-electron chi connectivity index (χ2n) is 5.62. The van der Waals surface area contributed by atoms with Crippen LogP contribution in [0.2, 0.25) is 0 Å². The summed E-state index contributed by atoms with van der Waals surface area (Å²) in [6, 6.07) is 12.6. The molecule has 0 saturated carbocycles. The number of rotatable bonds is 2. The van der Waals surface area contributed by atoms with Crippen LogP contribution in [0, 0.1) is 5.82 Å². The van der Waals surface area contributed by atoms with E-state index in [9.17, 15) is 14.0 Å². The average Bonchev–Trinajstić information content (AvgIpc) is 2.58. The Morgan fingerprint density at radius 3 is 2.46 bits per heavy atom. The van der Waals surface area contributed by atoms with Crippen molar-refractivity contribution >= 4 is 33.4 Å². The van der Waals surface area contributed by atoms with E-state index < -0.39 is 17.8 Å². The van der Waals surface area contributed by atoms with Crippen LogP contribution in [0.5, 0.6) is 0 Å². The molecule has 124 valence electrons. The summed E-state index contributed by atoms with van der Waals surface area (Å²) in [6.45, 7) is 2.41. The third-order valence-electron chi connectivity index (χ3n) is 4.16. The third-order valence-corrected chi connectivity index (χ3v) is 4.69. The van der Waals surface area contributed by atoms with Crippen molar-refractivity contribution in [2.45, 2.75) is 13.0 Å². The summed E-state index contributed by atoms with van der Waals surface area (Å²) in [5.74, 6) is -1.20. The SMILES string of the molecule is C[C@H]1C(=O)N(c2ccc(Br)cc2)CCN1C(=O)c1ccccc1F. The van der Waals surface area contributed by atoms with E-state index in [-0.39, 0.29) is 11.5 Å². The first-order valence-electron chi connectivity index (χ1n) is 7.61. The number of nitrogens with zero attached hydrogens (tertiary/aromatic N) is 2. The standard InChI is InChI=1S/C18H16BrFN2O2/c1-12-17(23)22(14-8-6-13(19)7-9-14)11-10-21(12)18(24)15-4-2-3-5-16(15)20/h2-9,12H,10-11H2,1H3/t12-/m0/s1. The predicted molar refractivity (Wildman–Crippen MR) is 93.4 cm³/mol. The summed E-state index contributed by atoms with van der Waals surface area (Å²) >= 11 is 3.37. The van der Waals surface area contributed by atoms with Crippen LogP contribution in [0.3, 0.4) is 0 Å². The Hall–Kier alpha value is -2.21. The largest absolute Gasteiger partial charge is 0.325 e. The van der Waals surface area contributed by atoms with Crippen molar-refractivity contribution in [2.75, 3.05) is 18.0 Å². The Balaban J connectivity index is 1.81. The fraction of sp³-hybridized carbons (Fsp3) is 0.222. The van der Waals surface area contributed by atoms with Gasteiger partial charge in [-0.15, -0.1) is 0 Å². The van der Waals surface area contributed by atoms with Crippen LogP contribution in [0.15, 0.2) is 53.0 Å². The summed E-state index contributed by atoms with van der Waals surface area (Å²) in [5, 5.41) is 0. The number of carbonyl (C=O) groups is 2. The number of carbonyl (C=O) groups excluding carboxylic acids is 2. The maximum absolute atomic E-state index is 13.9. The molecular weight excluding hydrogens is 375 g/mol. The molecule has 1 fully saturated rings. The topological polar surface area (TPSA) is 40.6 Å². The molecule has 0 N–H and O–H groups in total. The van der Waals surface area contributed by atoms with Crippen molar-refractivity contribution < 1.29 is 14.0 Å². The Labute approximate surface area is 148 Å². The summed E-state index contributed by atoms with van der Waals surface area (Å²) in [5.41, 5.74) is 0.780. The number of hydrogen-bond acceptors (Lipinski definition) is 2. The van der Waals surface area contributed by atoms with Gasteiger partial charge in [-0.25, -0.2) is 4.39 Å². The number of amides is 2. The molecule has 2 aromatic carbocycles. The summed E-state index contributed by atoms with van der Waals surface area (Å²) in [7, 11) is 0. The molecule has 0 aliphatic carbocycles. The molecule has 2 aromatic rings. The number of hydrogen-bond donors (Lipinski definition) is 0. The molecule has 0 aromatic heterocycles. The van der Waals surface area contributed by atoms with Crippen molar-refractivity contribution in [3.8, 4) is 0 Å². The molecule has 1 heterocycles. The lowest BCUT2D eigenvalue weighted by Crippen LogP contribution is -2.57. The number of halogens is 2. The van der Waals surface area contributed by atoms with Crippen LogP contribution in [-0.4, -0.2) is 35.8 Å². The van der Waals surface area contributed by atoms with E-state index in [1.54, 1.807) is 17.9 Å². The lowest BCUT2D eigenvalue weighted by Gasteiger charge is -2.39. The van der Waals surface area contributed by atoms with E-state index in [2.05, 4.69) is 15.9 Å². The van der Waals surface area contributed by atoms with E-state index in [4.69, 9.17) is 0 Å². The minimum atomic E-state index is -0.644. The Morgan fingerprint density at radius 2 is 1.79 bits per heavy atom. The van der Waals surface area contributed by atoms with Crippen molar-refractivity contribution in [1.29, 1.82) is 0 Å². The van der Waals surface area contributed by atoms with Crippen LogP contribution in [0.25, 0.3) is 0 Å². The fourth-order valence-corrected chi connectivity index (χ4v) is 3.08. The predicted octanol–water partition coefficient (Wildman–Crippen LogP) is 3.47. The molecule has 0 bridgehead atoms. The van der Waals surface area contributed by atoms with E-state index in [1.807, 2.05) is 24.3 Å². The van der Waals surface area contributed by atoms with Gasteiger partial charge in [-0.1, -0.05) is 28.1 Å². The van der Waals surface area contributed by atoms with Gasteiger partial charge < -0.3 is 9.80 Å². The quantitative estimate of drug-likeness (QED) is 0.787. The van der Waals surface area contributed by atoms with Crippen LogP contribution >= 0.6 is 15.9 Å². The highest BCUT2D eigenvalue weighted by Gasteiger charge is 2.35. The van der Waals surface area contributed by atoms with Gasteiger partial charge in [0.15, 0.2) is 0 Å². The van der Waals surface area contributed by atoms with Gasteiger partial charge in [0, 0.05) is 23.2 Å². The Kier molecular flexibility index (Phi) is 4.66.